The van der Waals surface area contributed by atoms with Gasteiger partial charge in [0.25, 0.3) is 5.91 Å². The van der Waals surface area contributed by atoms with Gasteiger partial charge >= 0.3 is 0 Å². The summed E-state index contributed by atoms with van der Waals surface area (Å²) in [5.41, 5.74) is 0.388. The van der Waals surface area contributed by atoms with Crippen LogP contribution in [-0.2, 0) is 0 Å². The number of nitrogens with zero attached hydrogens (tertiary/aromatic N) is 4. The van der Waals surface area contributed by atoms with E-state index in [0.29, 0.717) is 11.7 Å². The van der Waals surface area contributed by atoms with Gasteiger partial charge in [-0.3, -0.25) is 4.79 Å². The predicted octanol–water partition coefficient (Wildman–Crippen LogP) is 0.367. The molecule has 0 aromatic carbocycles. The molecule has 19 heavy (non-hydrogen) atoms. The van der Waals surface area contributed by atoms with Crippen LogP contribution in [0.5, 0.6) is 0 Å². The van der Waals surface area contributed by atoms with Crippen LogP contribution in [-0.4, -0.2) is 61.3 Å². The zero-order valence-electron chi connectivity index (χ0n) is 11.8. The normalized spacial score (nSPS) is 16.5. The molecular formula is C13H21N5O. The van der Waals surface area contributed by atoms with E-state index in [1.807, 2.05) is 13.1 Å². The first kappa shape index (κ1) is 13.7. The number of anilines is 1. The quantitative estimate of drug-likeness (QED) is 0.853. The summed E-state index contributed by atoms with van der Waals surface area (Å²) in [5.74, 6) is 0.734. The zero-order chi connectivity index (χ0) is 13.8. The molecule has 2 rings (SSSR count). The fraction of sp³-hybridized carbons (Fsp3) is 0.615. The summed E-state index contributed by atoms with van der Waals surface area (Å²) in [6.45, 7) is 1.95. The van der Waals surface area contributed by atoms with Crippen molar-refractivity contribution in [2.75, 3.05) is 39.1 Å². The maximum atomic E-state index is 11.7. The van der Waals surface area contributed by atoms with Gasteiger partial charge in [0.05, 0.1) is 0 Å². The van der Waals surface area contributed by atoms with Gasteiger partial charge in [-0.15, -0.1) is 10.2 Å². The largest absolute Gasteiger partial charge is 0.355 e. The minimum Gasteiger partial charge on any atom is -0.355 e. The molecule has 0 radical (unpaired) electrons. The van der Waals surface area contributed by atoms with Crippen LogP contribution in [0.25, 0.3) is 0 Å². The molecule has 0 aliphatic carbocycles. The molecule has 6 nitrogen and oxygen atoms in total. The van der Waals surface area contributed by atoms with Crippen molar-refractivity contribution in [2.24, 2.45) is 0 Å². The summed E-state index contributed by atoms with van der Waals surface area (Å²) in [4.78, 5) is 15.4. The lowest BCUT2D eigenvalue weighted by Gasteiger charge is -2.32. The van der Waals surface area contributed by atoms with E-state index in [1.165, 1.54) is 4.90 Å². The van der Waals surface area contributed by atoms with Crippen LogP contribution in [0, 0.1) is 0 Å². The third-order valence-corrected chi connectivity index (χ3v) is 3.50. The number of aromatic nitrogens is 2. The summed E-state index contributed by atoms with van der Waals surface area (Å²) in [6, 6.07) is 4.22. The highest BCUT2D eigenvalue weighted by Crippen LogP contribution is 2.17. The van der Waals surface area contributed by atoms with E-state index in [2.05, 4.69) is 20.4 Å². The number of hydrogen-bond donors (Lipinski definition) is 1. The number of carbonyl (C=O) groups excluding carboxylic acids is 1. The molecular weight excluding hydrogens is 242 g/mol. The highest BCUT2D eigenvalue weighted by molar-refractivity contribution is 5.91. The zero-order valence-corrected chi connectivity index (χ0v) is 11.8. The molecule has 1 aliphatic heterocycles. The smallest absolute Gasteiger partial charge is 0.273 e. The molecule has 1 aliphatic rings. The average Bonchev–Trinajstić information content (AvgIpc) is 2.46. The van der Waals surface area contributed by atoms with Gasteiger partial charge in [-0.1, -0.05) is 0 Å². The second kappa shape index (κ2) is 5.97. The SMILES string of the molecule is CNC1CCN(c2ccc(C(=O)N(C)C)nn2)CC1. The first-order valence-corrected chi connectivity index (χ1v) is 6.59. The lowest BCUT2D eigenvalue weighted by atomic mass is 10.1. The van der Waals surface area contributed by atoms with Gasteiger partial charge in [0, 0.05) is 33.2 Å². The Balaban J connectivity index is 2.01. The summed E-state index contributed by atoms with van der Waals surface area (Å²) >= 11 is 0. The molecule has 1 N–H and O–H groups in total. The third-order valence-electron chi connectivity index (χ3n) is 3.50. The van der Waals surface area contributed by atoms with Crippen LogP contribution in [0.15, 0.2) is 12.1 Å². The number of rotatable bonds is 3. The van der Waals surface area contributed by atoms with Crippen molar-refractivity contribution < 1.29 is 4.79 Å². The number of amides is 1. The van der Waals surface area contributed by atoms with E-state index >= 15 is 0 Å². The van der Waals surface area contributed by atoms with Crippen LogP contribution in [0.3, 0.4) is 0 Å². The summed E-state index contributed by atoms with van der Waals surface area (Å²) < 4.78 is 0. The van der Waals surface area contributed by atoms with Gasteiger partial charge in [-0.25, -0.2) is 0 Å². The molecule has 1 amide bonds. The second-order valence-electron chi connectivity index (χ2n) is 5.03. The van der Waals surface area contributed by atoms with E-state index in [9.17, 15) is 4.79 Å². The van der Waals surface area contributed by atoms with Gasteiger partial charge in [0.15, 0.2) is 11.5 Å². The Morgan fingerprint density at radius 3 is 2.47 bits per heavy atom. The van der Waals surface area contributed by atoms with Gasteiger partial charge in [-0.2, -0.15) is 0 Å². The van der Waals surface area contributed by atoms with E-state index in [0.717, 1.165) is 31.7 Å². The lowest BCUT2D eigenvalue weighted by Crippen LogP contribution is -2.41. The third kappa shape index (κ3) is 3.20. The van der Waals surface area contributed by atoms with Crippen molar-refractivity contribution in [3.8, 4) is 0 Å². The highest BCUT2D eigenvalue weighted by Gasteiger charge is 2.19. The monoisotopic (exact) mass is 263 g/mol. The standard InChI is InChI=1S/C13H21N5O/c1-14-10-6-8-18(9-7-10)12-5-4-11(15-16-12)13(19)17(2)3/h4-5,10,14H,6-9H2,1-3H3. The predicted molar refractivity (Wildman–Crippen MR) is 74.3 cm³/mol. The Morgan fingerprint density at radius 1 is 1.32 bits per heavy atom. The van der Waals surface area contributed by atoms with Crippen LogP contribution in [0.1, 0.15) is 23.3 Å². The maximum Gasteiger partial charge on any atom is 0.273 e. The van der Waals surface area contributed by atoms with Gasteiger partial charge in [0.1, 0.15) is 0 Å². The Labute approximate surface area is 113 Å². The van der Waals surface area contributed by atoms with Crippen LogP contribution >= 0.6 is 0 Å². The molecule has 1 fully saturated rings. The fourth-order valence-electron chi connectivity index (χ4n) is 2.23. The molecule has 6 heteroatoms. The van der Waals surface area contributed by atoms with E-state index in [4.69, 9.17) is 0 Å². The Kier molecular flexibility index (Phi) is 4.31. The van der Waals surface area contributed by atoms with Gasteiger partial charge in [-0.05, 0) is 32.0 Å². The molecule has 0 spiro atoms. The van der Waals surface area contributed by atoms with Crippen molar-refractivity contribution in [1.29, 1.82) is 0 Å². The highest BCUT2D eigenvalue weighted by atomic mass is 16.2. The van der Waals surface area contributed by atoms with Gasteiger partial charge < -0.3 is 15.1 Å². The molecule has 1 aromatic rings. The van der Waals surface area contributed by atoms with Crippen molar-refractivity contribution in [1.82, 2.24) is 20.4 Å². The van der Waals surface area contributed by atoms with Crippen LogP contribution < -0.4 is 10.2 Å². The Morgan fingerprint density at radius 2 is 2.00 bits per heavy atom. The average molecular weight is 263 g/mol. The first-order chi connectivity index (χ1) is 9.11. The molecule has 0 unspecified atom stereocenters. The topological polar surface area (TPSA) is 61.4 Å². The van der Waals surface area contributed by atoms with E-state index < -0.39 is 0 Å². The molecule has 2 heterocycles. The molecule has 0 atom stereocenters. The second-order valence-corrected chi connectivity index (χ2v) is 5.03. The Hall–Kier alpha value is -1.69. The fourth-order valence-corrected chi connectivity index (χ4v) is 2.23. The summed E-state index contributed by atoms with van der Waals surface area (Å²) in [7, 11) is 5.42. The first-order valence-electron chi connectivity index (χ1n) is 6.59. The molecule has 104 valence electrons. The van der Waals surface area contributed by atoms with Gasteiger partial charge in [0.2, 0.25) is 0 Å². The van der Waals surface area contributed by atoms with Crippen molar-refractivity contribution in [3.05, 3.63) is 17.8 Å². The summed E-state index contributed by atoms with van der Waals surface area (Å²) in [5, 5.41) is 11.5. The number of carbonyl (C=O) groups is 1. The minimum atomic E-state index is -0.118. The molecule has 0 bridgehead atoms. The molecule has 0 saturated carbocycles. The van der Waals surface area contributed by atoms with Crippen molar-refractivity contribution in [2.45, 2.75) is 18.9 Å². The lowest BCUT2D eigenvalue weighted by molar-refractivity contribution is 0.0821. The van der Waals surface area contributed by atoms with E-state index in [-0.39, 0.29) is 5.91 Å². The maximum absolute atomic E-state index is 11.7. The number of nitrogens with one attached hydrogen (secondary N) is 1. The molecule has 1 saturated heterocycles. The number of hydrogen-bond acceptors (Lipinski definition) is 5. The van der Waals surface area contributed by atoms with Crippen LogP contribution in [0.4, 0.5) is 5.82 Å². The van der Waals surface area contributed by atoms with E-state index in [1.54, 1.807) is 20.2 Å². The Bertz CT molecular complexity index is 423. The van der Waals surface area contributed by atoms with Crippen molar-refractivity contribution in [3.63, 3.8) is 0 Å². The van der Waals surface area contributed by atoms with Crippen LogP contribution in [0.2, 0.25) is 0 Å². The number of piperidine rings is 1. The minimum absolute atomic E-state index is 0.118. The summed E-state index contributed by atoms with van der Waals surface area (Å²) in [6.07, 6.45) is 2.22. The van der Waals surface area contributed by atoms with Crippen molar-refractivity contribution >= 4 is 11.7 Å². The molecule has 1 aromatic heterocycles.